The highest BCUT2D eigenvalue weighted by Gasteiger charge is 2.18. The molecule has 0 saturated heterocycles. The van der Waals surface area contributed by atoms with Gasteiger partial charge in [-0.15, -0.1) is 0 Å². The van der Waals surface area contributed by atoms with Crippen LogP contribution in [0, 0.1) is 11.3 Å². The molecule has 9 heteroatoms. The Kier molecular flexibility index (Phi) is 6.29. The molecule has 0 amide bonds. The Bertz CT molecular complexity index is 602. The quantitative estimate of drug-likeness (QED) is 0.775. The van der Waals surface area contributed by atoms with Crippen LogP contribution in [0.4, 0.5) is 8.78 Å². The molecule has 0 unspecified atom stereocenters. The van der Waals surface area contributed by atoms with Crippen molar-refractivity contribution in [3.05, 3.63) is 28.8 Å². The monoisotopic (exact) mass is 324 g/mol. The number of alkyl halides is 2. The topological polar surface area (TPSA) is 79.2 Å². The number of nitrogens with zero attached hydrogens (tertiary/aromatic N) is 1. The van der Waals surface area contributed by atoms with Crippen LogP contribution in [0.5, 0.6) is 0 Å². The first-order valence-corrected chi connectivity index (χ1v) is 7.28. The SMILES string of the molecule is N#Cc1ccc(Cl)c(S(=O)(=O)NCCOCC(F)F)c1. The van der Waals surface area contributed by atoms with E-state index in [0.717, 1.165) is 6.07 Å². The number of ether oxygens (including phenoxy) is 1. The van der Waals surface area contributed by atoms with Crippen molar-refractivity contribution in [2.75, 3.05) is 19.8 Å². The molecular weight excluding hydrogens is 314 g/mol. The fraction of sp³-hybridized carbons (Fsp3) is 0.364. The largest absolute Gasteiger partial charge is 0.374 e. The van der Waals surface area contributed by atoms with Gasteiger partial charge in [0.15, 0.2) is 0 Å². The maximum Gasteiger partial charge on any atom is 0.261 e. The lowest BCUT2D eigenvalue weighted by molar-refractivity contribution is 0.0199. The summed E-state index contributed by atoms with van der Waals surface area (Å²) in [6, 6.07) is 5.60. The normalized spacial score (nSPS) is 11.6. The van der Waals surface area contributed by atoms with E-state index in [1.165, 1.54) is 12.1 Å². The molecule has 0 spiro atoms. The van der Waals surface area contributed by atoms with Gasteiger partial charge in [-0.05, 0) is 18.2 Å². The molecule has 1 rings (SSSR count). The van der Waals surface area contributed by atoms with Gasteiger partial charge in [-0.1, -0.05) is 11.6 Å². The Labute approximate surface area is 120 Å². The lowest BCUT2D eigenvalue weighted by Crippen LogP contribution is -2.28. The lowest BCUT2D eigenvalue weighted by atomic mass is 10.2. The van der Waals surface area contributed by atoms with E-state index in [2.05, 4.69) is 9.46 Å². The van der Waals surface area contributed by atoms with Crippen LogP contribution in [-0.4, -0.2) is 34.6 Å². The van der Waals surface area contributed by atoms with E-state index in [1.54, 1.807) is 6.07 Å². The van der Waals surface area contributed by atoms with Crippen LogP contribution < -0.4 is 4.72 Å². The van der Waals surface area contributed by atoms with Gasteiger partial charge in [0.05, 0.1) is 23.3 Å². The molecule has 0 bridgehead atoms. The first-order valence-electron chi connectivity index (χ1n) is 5.42. The summed E-state index contributed by atoms with van der Waals surface area (Å²) in [5, 5.41) is 8.68. The molecule has 0 atom stereocenters. The zero-order valence-corrected chi connectivity index (χ0v) is 11.7. The van der Waals surface area contributed by atoms with Crippen LogP contribution in [0.3, 0.4) is 0 Å². The summed E-state index contributed by atoms with van der Waals surface area (Å²) in [4.78, 5) is -0.243. The number of rotatable bonds is 7. The molecule has 0 fully saturated rings. The average Bonchev–Trinajstić information content (AvgIpc) is 2.38. The minimum absolute atomic E-state index is 0.0370. The highest BCUT2D eigenvalue weighted by molar-refractivity contribution is 7.89. The predicted octanol–water partition coefficient (Wildman–Crippen LogP) is 1.77. The van der Waals surface area contributed by atoms with Gasteiger partial charge >= 0.3 is 0 Å². The summed E-state index contributed by atoms with van der Waals surface area (Å²) in [5.41, 5.74) is 0.142. The lowest BCUT2D eigenvalue weighted by Gasteiger charge is -2.09. The average molecular weight is 325 g/mol. The number of sulfonamides is 1. The van der Waals surface area contributed by atoms with Crippen molar-refractivity contribution in [3.8, 4) is 6.07 Å². The first-order chi connectivity index (χ1) is 9.36. The summed E-state index contributed by atoms with van der Waals surface area (Å²) in [6.45, 7) is -1.13. The van der Waals surface area contributed by atoms with Gasteiger partial charge in [-0.2, -0.15) is 5.26 Å². The van der Waals surface area contributed by atoms with E-state index in [4.69, 9.17) is 16.9 Å². The molecule has 110 valence electrons. The Balaban J connectivity index is 2.67. The van der Waals surface area contributed by atoms with E-state index in [1.807, 2.05) is 0 Å². The van der Waals surface area contributed by atoms with E-state index in [-0.39, 0.29) is 28.6 Å². The van der Waals surface area contributed by atoms with Crippen molar-refractivity contribution in [1.82, 2.24) is 4.72 Å². The fourth-order valence-electron chi connectivity index (χ4n) is 1.28. The summed E-state index contributed by atoms with van der Waals surface area (Å²) < 4.78 is 54.1. The maximum atomic E-state index is 11.9. The molecule has 20 heavy (non-hydrogen) atoms. The molecule has 0 saturated carbocycles. The highest BCUT2D eigenvalue weighted by atomic mass is 35.5. The molecular formula is C11H11ClF2N2O3S. The van der Waals surface area contributed by atoms with Gasteiger partial charge in [0.1, 0.15) is 11.5 Å². The first kappa shape index (κ1) is 16.8. The Morgan fingerprint density at radius 1 is 1.45 bits per heavy atom. The molecule has 0 aromatic heterocycles. The molecule has 0 heterocycles. The second kappa shape index (κ2) is 7.50. The van der Waals surface area contributed by atoms with E-state index < -0.39 is 23.1 Å². The van der Waals surface area contributed by atoms with Crippen molar-refractivity contribution in [2.24, 2.45) is 0 Å². The molecule has 0 aliphatic heterocycles. The van der Waals surface area contributed by atoms with Crippen molar-refractivity contribution in [2.45, 2.75) is 11.3 Å². The third kappa shape index (κ3) is 5.02. The van der Waals surface area contributed by atoms with Gasteiger partial charge in [0.2, 0.25) is 10.0 Å². The third-order valence-corrected chi connectivity index (χ3v) is 4.07. The molecule has 5 nitrogen and oxygen atoms in total. The summed E-state index contributed by atoms with van der Waals surface area (Å²) in [5.74, 6) is 0. The van der Waals surface area contributed by atoms with Gasteiger partial charge in [-0.25, -0.2) is 21.9 Å². The predicted molar refractivity (Wildman–Crippen MR) is 68.2 cm³/mol. The van der Waals surface area contributed by atoms with Crippen LogP contribution in [-0.2, 0) is 14.8 Å². The number of benzene rings is 1. The van der Waals surface area contributed by atoms with Crippen molar-refractivity contribution in [1.29, 1.82) is 5.26 Å². The maximum absolute atomic E-state index is 11.9. The van der Waals surface area contributed by atoms with Crippen LogP contribution in [0.2, 0.25) is 5.02 Å². The standard InChI is InChI=1S/C11H11ClF2N2O3S/c12-9-2-1-8(6-15)5-10(9)20(17,18)16-3-4-19-7-11(13)14/h1-2,5,11,16H,3-4,7H2. The molecule has 1 N–H and O–H groups in total. The summed E-state index contributed by atoms with van der Waals surface area (Å²) in [7, 11) is -3.92. The van der Waals surface area contributed by atoms with E-state index in [9.17, 15) is 17.2 Å². The Morgan fingerprint density at radius 2 is 2.15 bits per heavy atom. The van der Waals surface area contributed by atoms with Gasteiger partial charge in [0, 0.05) is 6.54 Å². The van der Waals surface area contributed by atoms with Crippen molar-refractivity contribution >= 4 is 21.6 Å². The Morgan fingerprint density at radius 3 is 2.75 bits per heavy atom. The molecule has 0 radical (unpaired) electrons. The van der Waals surface area contributed by atoms with Crippen LogP contribution in [0.1, 0.15) is 5.56 Å². The second-order valence-corrected chi connectivity index (χ2v) is 5.76. The summed E-state index contributed by atoms with van der Waals surface area (Å²) >= 11 is 5.76. The number of halogens is 3. The van der Waals surface area contributed by atoms with Gasteiger partial charge in [0.25, 0.3) is 6.43 Å². The smallest absolute Gasteiger partial charge is 0.261 e. The number of nitrogens with one attached hydrogen (secondary N) is 1. The Hall–Kier alpha value is -1.27. The minimum Gasteiger partial charge on any atom is -0.374 e. The highest BCUT2D eigenvalue weighted by Crippen LogP contribution is 2.22. The van der Waals surface area contributed by atoms with Crippen LogP contribution >= 0.6 is 11.6 Å². The van der Waals surface area contributed by atoms with Gasteiger partial charge in [-0.3, -0.25) is 0 Å². The van der Waals surface area contributed by atoms with E-state index >= 15 is 0 Å². The molecule has 1 aromatic carbocycles. The van der Waals surface area contributed by atoms with Gasteiger partial charge < -0.3 is 4.74 Å². The van der Waals surface area contributed by atoms with Crippen molar-refractivity contribution < 1.29 is 21.9 Å². The van der Waals surface area contributed by atoms with Crippen LogP contribution in [0.15, 0.2) is 23.1 Å². The number of hydrogen-bond donors (Lipinski definition) is 1. The van der Waals surface area contributed by atoms with Crippen molar-refractivity contribution in [3.63, 3.8) is 0 Å². The zero-order valence-electron chi connectivity index (χ0n) is 10.1. The minimum atomic E-state index is -3.92. The van der Waals surface area contributed by atoms with E-state index in [0.29, 0.717) is 0 Å². The molecule has 0 aliphatic carbocycles. The molecule has 1 aromatic rings. The second-order valence-electron chi connectivity index (χ2n) is 3.62. The number of nitriles is 1. The van der Waals surface area contributed by atoms with Crippen LogP contribution in [0.25, 0.3) is 0 Å². The zero-order chi connectivity index (χ0) is 15.2. The summed E-state index contributed by atoms with van der Waals surface area (Å²) in [6.07, 6.45) is -2.60. The molecule has 0 aliphatic rings. The number of hydrogen-bond acceptors (Lipinski definition) is 4. The fourth-order valence-corrected chi connectivity index (χ4v) is 2.81. The third-order valence-electron chi connectivity index (χ3n) is 2.13.